The molecule has 3 atom stereocenters. The molecule has 0 aromatic heterocycles. The van der Waals surface area contributed by atoms with E-state index in [1.807, 2.05) is 39.5 Å². The van der Waals surface area contributed by atoms with E-state index in [0.717, 1.165) is 18.2 Å². The fraction of sp³-hybridized carbons (Fsp3) is 0.680. The molecule has 2 rings (SSSR count). The normalized spacial score (nSPS) is 20.7. The van der Waals surface area contributed by atoms with Crippen LogP contribution >= 0.6 is 11.8 Å². The molecule has 3 unspecified atom stereocenters. The molecular formula is C25H48N2S. The van der Waals surface area contributed by atoms with Crippen molar-refractivity contribution in [3.63, 3.8) is 0 Å². The molecule has 1 heterocycles. The first-order valence-corrected chi connectivity index (χ1v) is 12.3. The topological polar surface area (TPSA) is 24.1 Å². The summed E-state index contributed by atoms with van der Waals surface area (Å²) in [6.45, 7) is 24.0. The van der Waals surface area contributed by atoms with Crippen LogP contribution in [0.1, 0.15) is 81.6 Å². The second-order valence-corrected chi connectivity index (χ2v) is 8.11. The Balaban J connectivity index is 0. The largest absolute Gasteiger partial charge is 0.388 e. The molecule has 1 aliphatic carbocycles. The van der Waals surface area contributed by atoms with Gasteiger partial charge in [0.2, 0.25) is 0 Å². The van der Waals surface area contributed by atoms with Crippen LogP contribution in [-0.2, 0) is 0 Å². The van der Waals surface area contributed by atoms with E-state index >= 15 is 0 Å². The molecule has 1 fully saturated rings. The minimum absolute atomic E-state index is 0.450. The van der Waals surface area contributed by atoms with E-state index in [4.69, 9.17) is 0 Å². The summed E-state index contributed by atoms with van der Waals surface area (Å²) in [5.41, 5.74) is 2.80. The lowest BCUT2D eigenvalue weighted by Gasteiger charge is -2.24. The van der Waals surface area contributed by atoms with Gasteiger partial charge in [0.15, 0.2) is 0 Å². The third-order valence-corrected chi connectivity index (χ3v) is 5.69. The van der Waals surface area contributed by atoms with Crippen molar-refractivity contribution in [1.82, 2.24) is 10.6 Å². The van der Waals surface area contributed by atoms with E-state index in [1.54, 1.807) is 6.20 Å². The molecule has 0 amide bonds. The van der Waals surface area contributed by atoms with Crippen LogP contribution in [0.4, 0.5) is 0 Å². The van der Waals surface area contributed by atoms with E-state index in [0.29, 0.717) is 12.0 Å². The van der Waals surface area contributed by atoms with E-state index < -0.39 is 0 Å². The van der Waals surface area contributed by atoms with Gasteiger partial charge in [-0.3, -0.25) is 0 Å². The Morgan fingerprint density at radius 3 is 2.29 bits per heavy atom. The van der Waals surface area contributed by atoms with Gasteiger partial charge in [-0.2, -0.15) is 0 Å². The van der Waals surface area contributed by atoms with Crippen molar-refractivity contribution in [1.29, 1.82) is 0 Å². The average Bonchev–Trinajstić information content (AvgIpc) is 3.21. The van der Waals surface area contributed by atoms with Gasteiger partial charge < -0.3 is 10.6 Å². The summed E-state index contributed by atoms with van der Waals surface area (Å²) < 4.78 is 0. The highest BCUT2D eigenvalue weighted by Crippen LogP contribution is 2.32. The molecule has 1 saturated heterocycles. The molecule has 28 heavy (non-hydrogen) atoms. The average molecular weight is 409 g/mol. The predicted octanol–water partition coefficient (Wildman–Crippen LogP) is 7.47. The van der Waals surface area contributed by atoms with E-state index in [2.05, 4.69) is 70.1 Å². The molecule has 164 valence electrons. The fourth-order valence-corrected chi connectivity index (χ4v) is 3.90. The highest BCUT2D eigenvalue weighted by molar-refractivity contribution is 8.03. The molecule has 0 bridgehead atoms. The highest BCUT2D eigenvalue weighted by atomic mass is 32.2. The molecule has 0 aromatic rings. The van der Waals surface area contributed by atoms with Gasteiger partial charge in [0.1, 0.15) is 0 Å². The van der Waals surface area contributed by atoms with Crippen LogP contribution < -0.4 is 10.6 Å². The Morgan fingerprint density at radius 1 is 1.32 bits per heavy atom. The first-order valence-electron chi connectivity index (χ1n) is 11.3. The molecule has 2 nitrogen and oxygen atoms in total. The van der Waals surface area contributed by atoms with Crippen LogP contribution in [0.25, 0.3) is 0 Å². The van der Waals surface area contributed by atoms with Gasteiger partial charge >= 0.3 is 0 Å². The van der Waals surface area contributed by atoms with Crippen LogP contribution in [0.15, 0.2) is 47.1 Å². The summed E-state index contributed by atoms with van der Waals surface area (Å²) in [5, 5.41) is 6.59. The van der Waals surface area contributed by atoms with Crippen LogP contribution in [0.5, 0.6) is 0 Å². The van der Waals surface area contributed by atoms with Crippen molar-refractivity contribution in [2.45, 2.75) is 93.7 Å². The number of hydrogen-bond acceptors (Lipinski definition) is 3. The summed E-state index contributed by atoms with van der Waals surface area (Å²) in [4.78, 5) is 1.44. The van der Waals surface area contributed by atoms with Gasteiger partial charge in [-0.25, -0.2) is 0 Å². The molecular weight excluding hydrogens is 360 g/mol. The van der Waals surface area contributed by atoms with Gasteiger partial charge in [-0.05, 0) is 71.0 Å². The van der Waals surface area contributed by atoms with Gasteiger partial charge in [0.05, 0.1) is 0 Å². The van der Waals surface area contributed by atoms with E-state index in [-0.39, 0.29) is 0 Å². The lowest BCUT2D eigenvalue weighted by Crippen LogP contribution is -2.28. The minimum Gasteiger partial charge on any atom is -0.388 e. The minimum atomic E-state index is 0.450. The van der Waals surface area contributed by atoms with Gasteiger partial charge in [0.25, 0.3) is 0 Å². The zero-order valence-corrected chi connectivity index (χ0v) is 21.0. The maximum atomic E-state index is 3.72. The fourth-order valence-electron chi connectivity index (χ4n) is 3.01. The number of hydrogen-bond donors (Lipinski definition) is 2. The summed E-state index contributed by atoms with van der Waals surface area (Å²) in [7, 11) is 0. The number of nitrogens with one attached hydrogen (secondary N) is 2. The molecule has 0 aromatic carbocycles. The van der Waals surface area contributed by atoms with Crippen molar-refractivity contribution < 1.29 is 0 Å². The van der Waals surface area contributed by atoms with Crippen LogP contribution in [0.2, 0.25) is 0 Å². The quantitative estimate of drug-likeness (QED) is 0.476. The van der Waals surface area contributed by atoms with E-state index in [9.17, 15) is 0 Å². The molecule has 2 N–H and O–H groups in total. The standard InChI is InChI=1S/C16H25NS.C5H11N.2C2H6/c1-6-17-13(5)14-8-10-15(11-9-14)16(12(3)4)18-7-2;1-5-3-2-4-6-5;2*1-2/h6,8,10-11,13-14,17H,1,7,9H2,2-5H3;5-6H,2-4H2,1H3;2*1-2H3. The van der Waals surface area contributed by atoms with Crippen LogP contribution in [0, 0.1) is 5.92 Å². The Kier molecular flexibility index (Phi) is 20.3. The van der Waals surface area contributed by atoms with Crippen LogP contribution in [-0.4, -0.2) is 24.4 Å². The molecule has 0 radical (unpaired) electrons. The Morgan fingerprint density at radius 2 is 1.96 bits per heavy atom. The van der Waals surface area contributed by atoms with Crippen molar-refractivity contribution in [2.75, 3.05) is 12.3 Å². The predicted molar refractivity (Wildman–Crippen MR) is 134 cm³/mol. The summed E-state index contributed by atoms with van der Waals surface area (Å²) in [5.74, 6) is 1.69. The van der Waals surface area contributed by atoms with Crippen LogP contribution in [0.3, 0.4) is 0 Å². The molecule has 2 aliphatic rings. The second kappa shape index (κ2) is 19.4. The Hall–Kier alpha value is -0.930. The zero-order chi connectivity index (χ0) is 21.9. The zero-order valence-electron chi connectivity index (χ0n) is 20.2. The second-order valence-electron chi connectivity index (χ2n) is 6.84. The van der Waals surface area contributed by atoms with Crippen molar-refractivity contribution >= 4 is 11.8 Å². The molecule has 0 spiro atoms. The lowest BCUT2D eigenvalue weighted by atomic mass is 9.90. The van der Waals surface area contributed by atoms with Crippen molar-refractivity contribution in [3.05, 3.63) is 47.1 Å². The van der Waals surface area contributed by atoms with E-state index in [1.165, 1.54) is 35.4 Å². The number of rotatable bonds is 6. The lowest BCUT2D eigenvalue weighted by molar-refractivity contribution is 0.482. The summed E-state index contributed by atoms with van der Waals surface area (Å²) in [6.07, 6.45) is 12.6. The highest BCUT2D eigenvalue weighted by Gasteiger charge is 2.16. The van der Waals surface area contributed by atoms with Crippen molar-refractivity contribution in [2.24, 2.45) is 5.92 Å². The Bertz CT molecular complexity index is 467. The smallest absolute Gasteiger partial charge is 0.0293 e. The number of allylic oxidation sites excluding steroid dienone is 4. The van der Waals surface area contributed by atoms with Gasteiger partial charge in [0, 0.05) is 22.9 Å². The summed E-state index contributed by atoms with van der Waals surface area (Å²) >= 11 is 1.94. The Labute approximate surface area is 181 Å². The first-order chi connectivity index (χ1) is 13.5. The molecule has 1 aliphatic heterocycles. The first kappa shape index (κ1) is 29.3. The maximum absolute atomic E-state index is 3.72. The van der Waals surface area contributed by atoms with Gasteiger partial charge in [-0.1, -0.05) is 65.0 Å². The van der Waals surface area contributed by atoms with Gasteiger partial charge in [-0.15, -0.1) is 11.8 Å². The SMILES string of the molecule is C=CNC(C)C1C=CC(C(SCC)=C(C)C)=CC1.CC.CC.CC1CCCN1. The summed E-state index contributed by atoms with van der Waals surface area (Å²) in [6, 6.07) is 1.25. The number of thioether (sulfide) groups is 1. The third kappa shape index (κ3) is 12.5. The molecule has 0 saturated carbocycles. The molecule has 3 heteroatoms. The maximum Gasteiger partial charge on any atom is 0.0293 e. The van der Waals surface area contributed by atoms with Crippen molar-refractivity contribution in [3.8, 4) is 0 Å². The monoisotopic (exact) mass is 408 g/mol. The third-order valence-electron chi connectivity index (χ3n) is 4.47.